The third-order valence-electron chi connectivity index (χ3n) is 3.40. The normalized spacial score (nSPS) is 16.2. The van der Waals surface area contributed by atoms with Gasteiger partial charge in [-0.05, 0) is 43.9 Å². The second-order valence-corrected chi connectivity index (χ2v) is 4.83. The Hall–Kier alpha value is -1.31. The van der Waals surface area contributed by atoms with E-state index in [9.17, 15) is 4.79 Å². The number of methoxy groups -OCH3 is 1. The Bertz CT molecular complexity index is 515. The molecule has 0 radical (unpaired) electrons. The Morgan fingerprint density at radius 2 is 2.06 bits per heavy atom. The fraction of sp³-hybridized carbons (Fsp3) is 0.462. The molecule has 1 aromatic rings. The SMILES string of the molecule is COc1c(C)c(Cl)cc(C2(N=C=O)CC2)c1C. The summed E-state index contributed by atoms with van der Waals surface area (Å²) >= 11 is 6.18. The molecule has 1 fully saturated rings. The number of nitrogens with zero attached hydrogens (tertiary/aromatic N) is 1. The van der Waals surface area contributed by atoms with Crippen LogP contribution < -0.4 is 4.74 Å². The van der Waals surface area contributed by atoms with Gasteiger partial charge in [-0.2, -0.15) is 4.99 Å². The van der Waals surface area contributed by atoms with E-state index in [0.29, 0.717) is 5.02 Å². The molecular formula is C13H14ClNO2. The number of benzene rings is 1. The summed E-state index contributed by atoms with van der Waals surface area (Å²) in [5.74, 6) is 0.778. The molecule has 0 spiro atoms. The standard InChI is InChI=1S/C13H14ClNO2/c1-8-10(13(4-5-13)15-7-16)6-11(14)9(2)12(8)17-3/h6H,4-5H2,1-3H3. The third kappa shape index (κ3) is 1.86. The minimum Gasteiger partial charge on any atom is -0.496 e. The molecule has 0 atom stereocenters. The molecule has 0 saturated heterocycles. The molecule has 2 rings (SSSR count). The minimum atomic E-state index is -0.406. The van der Waals surface area contributed by atoms with E-state index in [4.69, 9.17) is 16.3 Å². The van der Waals surface area contributed by atoms with Gasteiger partial charge in [0.1, 0.15) is 5.75 Å². The molecule has 0 unspecified atom stereocenters. The van der Waals surface area contributed by atoms with E-state index >= 15 is 0 Å². The van der Waals surface area contributed by atoms with Crippen molar-refractivity contribution in [1.82, 2.24) is 0 Å². The van der Waals surface area contributed by atoms with Gasteiger partial charge in [-0.3, -0.25) is 0 Å². The summed E-state index contributed by atoms with van der Waals surface area (Å²) in [6, 6.07) is 1.89. The smallest absolute Gasteiger partial charge is 0.235 e. The van der Waals surface area contributed by atoms with E-state index in [2.05, 4.69) is 4.99 Å². The summed E-state index contributed by atoms with van der Waals surface area (Å²) in [4.78, 5) is 14.4. The van der Waals surface area contributed by atoms with Gasteiger partial charge in [0.05, 0.1) is 12.6 Å². The molecular weight excluding hydrogens is 238 g/mol. The van der Waals surface area contributed by atoms with E-state index in [-0.39, 0.29) is 0 Å². The predicted molar refractivity (Wildman–Crippen MR) is 66.5 cm³/mol. The number of isocyanates is 1. The number of hydrogen-bond donors (Lipinski definition) is 0. The molecule has 3 nitrogen and oxygen atoms in total. The average molecular weight is 252 g/mol. The number of aliphatic imine (C=N–C) groups is 1. The lowest BCUT2D eigenvalue weighted by atomic mass is 9.96. The molecule has 1 aliphatic carbocycles. The van der Waals surface area contributed by atoms with Gasteiger partial charge in [0.2, 0.25) is 6.08 Å². The van der Waals surface area contributed by atoms with Crippen LogP contribution in [0, 0.1) is 13.8 Å². The van der Waals surface area contributed by atoms with Crippen molar-refractivity contribution in [3.63, 3.8) is 0 Å². The Morgan fingerprint density at radius 1 is 1.41 bits per heavy atom. The fourth-order valence-corrected chi connectivity index (χ4v) is 2.49. The molecule has 0 N–H and O–H groups in total. The van der Waals surface area contributed by atoms with Crippen LogP contribution in [-0.2, 0) is 10.3 Å². The van der Waals surface area contributed by atoms with Gasteiger partial charge in [0.25, 0.3) is 0 Å². The first kappa shape index (κ1) is 12.2. The van der Waals surface area contributed by atoms with Gasteiger partial charge in [0, 0.05) is 10.6 Å². The lowest BCUT2D eigenvalue weighted by molar-refractivity contribution is 0.407. The van der Waals surface area contributed by atoms with Gasteiger partial charge in [0.15, 0.2) is 0 Å². The molecule has 4 heteroatoms. The van der Waals surface area contributed by atoms with Crippen LogP contribution in [0.25, 0.3) is 0 Å². The van der Waals surface area contributed by atoms with Gasteiger partial charge >= 0.3 is 0 Å². The van der Waals surface area contributed by atoms with Crippen LogP contribution in [0.4, 0.5) is 0 Å². The topological polar surface area (TPSA) is 38.7 Å². The lowest BCUT2D eigenvalue weighted by Crippen LogP contribution is -2.07. The van der Waals surface area contributed by atoms with Crippen LogP contribution in [0.2, 0.25) is 5.02 Å². The fourth-order valence-electron chi connectivity index (χ4n) is 2.29. The van der Waals surface area contributed by atoms with Crippen molar-refractivity contribution in [2.45, 2.75) is 32.2 Å². The molecule has 1 aromatic carbocycles. The Kier molecular flexibility index (Phi) is 2.98. The number of rotatable bonds is 3. The molecule has 0 amide bonds. The zero-order chi connectivity index (χ0) is 12.6. The highest BCUT2D eigenvalue weighted by molar-refractivity contribution is 6.31. The zero-order valence-corrected chi connectivity index (χ0v) is 10.9. The minimum absolute atomic E-state index is 0.406. The van der Waals surface area contributed by atoms with Crippen molar-refractivity contribution in [2.24, 2.45) is 4.99 Å². The van der Waals surface area contributed by atoms with Gasteiger partial charge in [-0.15, -0.1) is 0 Å². The van der Waals surface area contributed by atoms with Crippen molar-refractivity contribution in [2.75, 3.05) is 7.11 Å². The first-order valence-corrected chi connectivity index (χ1v) is 5.87. The quantitative estimate of drug-likeness (QED) is 0.611. The van der Waals surface area contributed by atoms with Gasteiger partial charge < -0.3 is 4.74 Å². The monoisotopic (exact) mass is 251 g/mol. The average Bonchev–Trinajstić information content (AvgIpc) is 3.06. The highest BCUT2D eigenvalue weighted by atomic mass is 35.5. The van der Waals surface area contributed by atoms with Gasteiger partial charge in [-0.1, -0.05) is 11.6 Å². The number of ether oxygens (including phenoxy) is 1. The summed E-state index contributed by atoms with van der Waals surface area (Å²) < 4.78 is 5.37. The molecule has 1 aliphatic rings. The van der Waals surface area contributed by atoms with E-state index in [1.807, 2.05) is 19.9 Å². The van der Waals surface area contributed by atoms with Crippen LogP contribution in [0.15, 0.2) is 11.1 Å². The first-order valence-electron chi connectivity index (χ1n) is 5.49. The summed E-state index contributed by atoms with van der Waals surface area (Å²) in [5, 5.41) is 0.648. The van der Waals surface area contributed by atoms with Crippen LogP contribution in [-0.4, -0.2) is 13.2 Å². The largest absolute Gasteiger partial charge is 0.496 e. The molecule has 17 heavy (non-hydrogen) atoms. The summed E-state index contributed by atoms with van der Waals surface area (Å²) in [6.07, 6.45) is 3.39. The van der Waals surface area contributed by atoms with Crippen LogP contribution >= 0.6 is 11.6 Å². The third-order valence-corrected chi connectivity index (χ3v) is 3.80. The van der Waals surface area contributed by atoms with E-state index in [1.54, 1.807) is 13.2 Å². The molecule has 0 heterocycles. The summed E-state index contributed by atoms with van der Waals surface area (Å²) in [6.45, 7) is 3.89. The van der Waals surface area contributed by atoms with E-state index in [0.717, 1.165) is 35.3 Å². The Labute approximate surface area is 105 Å². The molecule has 0 bridgehead atoms. The molecule has 90 valence electrons. The Balaban J connectivity index is 2.64. The molecule has 0 aliphatic heterocycles. The molecule has 0 aromatic heterocycles. The van der Waals surface area contributed by atoms with Crippen LogP contribution in [0.3, 0.4) is 0 Å². The number of halogens is 1. The van der Waals surface area contributed by atoms with Crippen molar-refractivity contribution >= 4 is 17.7 Å². The van der Waals surface area contributed by atoms with Crippen molar-refractivity contribution in [3.05, 3.63) is 27.8 Å². The second-order valence-electron chi connectivity index (χ2n) is 4.42. The van der Waals surface area contributed by atoms with E-state index in [1.165, 1.54) is 0 Å². The first-order chi connectivity index (χ1) is 8.05. The van der Waals surface area contributed by atoms with Gasteiger partial charge in [-0.25, -0.2) is 4.79 Å². The van der Waals surface area contributed by atoms with Crippen molar-refractivity contribution in [3.8, 4) is 5.75 Å². The van der Waals surface area contributed by atoms with Crippen molar-refractivity contribution in [1.29, 1.82) is 0 Å². The number of hydrogen-bond acceptors (Lipinski definition) is 3. The zero-order valence-electron chi connectivity index (χ0n) is 10.1. The highest BCUT2D eigenvalue weighted by Crippen LogP contribution is 2.52. The maximum atomic E-state index is 10.5. The molecule has 1 saturated carbocycles. The second kappa shape index (κ2) is 4.17. The highest BCUT2D eigenvalue weighted by Gasteiger charge is 2.46. The lowest BCUT2D eigenvalue weighted by Gasteiger charge is -2.18. The Morgan fingerprint density at radius 3 is 2.53 bits per heavy atom. The van der Waals surface area contributed by atoms with Crippen LogP contribution in [0.1, 0.15) is 29.5 Å². The predicted octanol–water partition coefficient (Wildman–Crippen LogP) is 3.29. The maximum Gasteiger partial charge on any atom is 0.235 e. The van der Waals surface area contributed by atoms with Crippen molar-refractivity contribution < 1.29 is 9.53 Å². The van der Waals surface area contributed by atoms with Crippen LogP contribution in [0.5, 0.6) is 5.75 Å². The summed E-state index contributed by atoms with van der Waals surface area (Å²) in [5.41, 5.74) is 2.50. The summed E-state index contributed by atoms with van der Waals surface area (Å²) in [7, 11) is 1.62. The number of carbonyl (C=O) groups excluding carboxylic acids is 1. The van der Waals surface area contributed by atoms with E-state index < -0.39 is 5.54 Å². The maximum absolute atomic E-state index is 10.5.